The molecular formula is C20H35N. The summed E-state index contributed by atoms with van der Waals surface area (Å²) in [4.78, 5) is 0. The van der Waals surface area contributed by atoms with E-state index in [1.807, 2.05) is 0 Å². The van der Waals surface area contributed by atoms with Gasteiger partial charge < -0.3 is 5.73 Å². The summed E-state index contributed by atoms with van der Waals surface area (Å²) in [6.07, 6.45) is 8.25. The minimum atomic E-state index is 0.209. The molecule has 1 aromatic carbocycles. The van der Waals surface area contributed by atoms with Crippen LogP contribution in [0.3, 0.4) is 0 Å². The number of rotatable bonds is 9. The van der Waals surface area contributed by atoms with Crippen LogP contribution in [0.5, 0.6) is 0 Å². The summed E-state index contributed by atoms with van der Waals surface area (Å²) in [6.45, 7) is 11.3. The van der Waals surface area contributed by atoms with Crippen LogP contribution in [-0.2, 0) is 19.3 Å². The zero-order chi connectivity index (χ0) is 15.8. The summed E-state index contributed by atoms with van der Waals surface area (Å²) in [5.41, 5.74) is 12.6. The smallest absolute Gasteiger partial charge is 0.0328 e. The first-order valence-electron chi connectivity index (χ1n) is 9.02. The molecule has 1 nitrogen and oxygen atoms in total. The number of benzene rings is 1. The van der Waals surface area contributed by atoms with Gasteiger partial charge in [0.25, 0.3) is 0 Å². The summed E-state index contributed by atoms with van der Waals surface area (Å²) in [7, 11) is 0. The first kappa shape index (κ1) is 18.2. The molecule has 0 saturated heterocycles. The molecule has 0 amide bonds. The number of hydrogen-bond donors (Lipinski definition) is 1. The standard InChI is InChI=1S/C20H35N/c1-6-11-18(12-7-2)20(21)19-16(9-4)13-15(8-3)14-17(19)10-5/h13-14,18,20H,6-12,21H2,1-5H3. The van der Waals surface area contributed by atoms with Crippen molar-refractivity contribution < 1.29 is 0 Å². The number of hydrogen-bond acceptors (Lipinski definition) is 1. The third-order valence-electron chi connectivity index (χ3n) is 4.74. The molecule has 1 atom stereocenters. The Balaban J connectivity index is 3.24. The summed E-state index contributed by atoms with van der Waals surface area (Å²) >= 11 is 0. The molecule has 0 aliphatic carbocycles. The predicted molar refractivity (Wildman–Crippen MR) is 94.8 cm³/mol. The van der Waals surface area contributed by atoms with Gasteiger partial charge in [0.15, 0.2) is 0 Å². The van der Waals surface area contributed by atoms with E-state index in [0.717, 1.165) is 19.3 Å². The fraction of sp³-hybridized carbons (Fsp3) is 0.700. The van der Waals surface area contributed by atoms with Crippen LogP contribution in [0.15, 0.2) is 12.1 Å². The third kappa shape index (κ3) is 4.57. The predicted octanol–water partition coefficient (Wildman–Crippen LogP) is 5.59. The highest BCUT2D eigenvalue weighted by Crippen LogP contribution is 2.33. The van der Waals surface area contributed by atoms with Crippen LogP contribution in [0.25, 0.3) is 0 Å². The molecular weight excluding hydrogens is 254 g/mol. The van der Waals surface area contributed by atoms with Crippen molar-refractivity contribution in [2.24, 2.45) is 11.7 Å². The largest absolute Gasteiger partial charge is 0.324 e. The molecule has 21 heavy (non-hydrogen) atoms. The Labute approximate surface area is 132 Å². The van der Waals surface area contributed by atoms with Crippen LogP contribution < -0.4 is 5.73 Å². The maximum atomic E-state index is 6.76. The highest BCUT2D eigenvalue weighted by Gasteiger charge is 2.22. The molecule has 1 heteroatoms. The van der Waals surface area contributed by atoms with Crippen LogP contribution in [-0.4, -0.2) is 0 Å². The second-order valence-electron chi connectivity index (χ2n) is 6.25. The van der Waals surface area contributed by atoms with Crippen molar-refractivity contribution in [3.63, 3.8) is 0 Å². The quantitative estimate of drug-likeness (QED) is 0.630. The monoisotopic (exact) mass is 289 g/mol. The Hall–Kier alpha value is -0.820. The topological polar surface area (TPSA) is 26.0 Å². The van der Waals surface area contributed by atoms with Gasteiger partial charge in [-0.3, -0.25) is 0 Å². The van der Waals surface area contributed by atoms with Crippen LogP contribution >= 0.6 is 0 Å². The van der Waals surface area contributed by atoms with E-state index >= 15 is 0 Å². The molecule has 0 bridgehead atoms. The number of aryl methyl sites for hydroxylation is 3. The van der Waals surface area contributed by atoms with Crippen LogP contribution in [0.1, 0.15) is 88.6 Å². The maximum absolute atomic E-state index is 6.76. The van der Waals surface area contributed by atoms with E-state index in [1.54, 1.807) is 0 Å². The van der Waals surface area contributed by atoms with Crippen LogP contribution in [0.2, 0.25) is 0 Å². The van der Waals surface area contributed by atoms with E-state index in [-0.39, 0.29) is 6.04 Å². The molecule has 0 saturated carbocycles. The van der Waals surface area contributed by atoms with Gasteiger partial charge in [-0.2, -0.15) is 0 Å². The van der Waals surface area contributed by atoms with Gasteiger partial charge in [0.2, 0.25) is 0 Å². The van der Waals surface area contributed by atoms with E-state index in [0.29, 0.717) is 5.92 Å². The molecule has 1 rings (SSSR count). The highest BCUT2D eigenvalue weighted by atomic mass is 14.7. The van der Waals surface area contributed by atoms with E-state index in [1.165, 1.54) is 47.9 Å². The van der Waals surface area contributed by atoms with Gasteiger partial charge in [-0.05, 0) is 60.3 Å². The SMILES string of the molecule is CCCC(CCC)C(N)c1c(CC)cc(CC)cc1CC. The van der Waals surface area contributed by atoms with E-state index in [4.69, 9.17) is 5.73 Å². The Bertz CT molecular complexity index is 391. The average Bonchev–Trinajstić information content (AvgIpc) is 2.52. The third-order valence-corrected chi connectivity index (χ3v) is 4.74. The van der Waals surface area contributed by atoms with E-state index < -0.39 is 0 Å². The molecule has 0 aliphatic rings. The minimum absolute atomic E-state index is 0.209. The number of nitrogens with two attached hydrogens (primary N) is 1. The summed E-state index contributed by atoms with van der Waals surface area (Å²) in [5.74, 6) is 0.628. The zero-order valence-corrected chi connectivity index (χ0v) is 14.8. The minimum Gasteiger partial charge on any atom is -0.324 e. The van der Waals surface area contributed by atoms with Crippen molar-refractivity contribution in [2.45, 2.75) is 85.6 Å². The lowest BCUT2D eigenvalue weighted by molar-refractivity contribution is 0.366. The molecule has 0 aliphatic heterocycles. The Morgan fingerprint density at radius 3 is 1.62 bits per heavy atom. The molecule has 0 heterocycles. The summed E-state index contributed by atoms with van der Waals surface area (Å²) < 4.78 is 0. The van der Waals surface area contributed by atoms with E-state index in [2.05, 4.69) is 46.8 Å². The molecule has 0 radical (unpaired) electrons. The van der Waals surface area contributed by atoms with Gasteiger partial charge in [-0.25, -0.2) is 0 Å². The van der Waals surface area contributed by atoms with Crippen molar-refractivity contribution in [2.75, 3.05) is 0 Å². The zero-order valence-electron chi connectivity index (χ0n) is 14.8. The fourth-order valence-corrected chi connectivity index (χ4v) is 3.55. The fourth-order valence-electron chi connectivity index (χ4n) is 3.55. The second kappa shape index (κ2) is 9.25. The molecule has 0 fully saturated rings. The Kier molecular flexibility index (Phi) is 8.03. The second-order valence-corrected chi connectivity index (χ2v) is 6.25. The van der Waals surface area contributed by atoms with Crippen molar-refractivity contribution in [3.05, 3.63) is 34.4 Å². The molecule has 1 aromatic rings. The lowest BCUT2D eigenvalue weighted by Gasteiger charge is -2.28. The van der Waals surface area contributed by atoms with E-state index in [9.17, 15) is 0 Å². The first-order chi connectivity index (χ1) is 10.1. The van der Waals surface area contributed by atoms with Gasteiger partial charge in [-0.1, -0.05) is 59.6 Å². The Morgan fingerprint density at radius 1 is 0.810 bits per heavy atom. The van der Waals surface area contributed by atoms with Crippen molar-refractivity contribution in [1.29, 1.82) is 0 Å². The van der Waals surface area contributed by atoms with Gasteiger partial charge in [0.1, 0.15) is 0 Å². The molecule has 0 spiro atoms. The van der Waals surface area contributed by atoms with Crippen molar-refractivity contribution >= 4 is 0 Å². The highest BCUT2D eigenvalue weighted by molar-refractivity contribution is 5.42. The van der Waals surface area contributed by atoms with Crippen LogP contribution in [0, 0.1) is 5.92 Å². The van der Waals surface area contributed by atoms with Gasteiger partial charge in [0, 0.05) is 6.04 Å². The Morgan fingerprint density at radius 2 is 1.29 bits per heavy atom. The molecule has 2 N–H and O–H groups in total. The summed E-state index contributed by atoms with van der Waals surface area (Å²) in [6, 6.07) is 4.99. The van der Waals surface area contributed by atoms with Crippen molar-refractivity contribution in [3.8, 4) is 0 Å². The molecule has 1 unspecified atom stereocenters. The van der Waals surface area contributed by atoms with Crippen molar-refractivity contribution in [1.82, 2.24) is 0 Å². The summed E-state index contributed by atoms with van der Waals surface area (Å²) in [5, 5.41) is 0. The lowest BCUT2D eigenvalue weighted by atomic mass is 9.81. The van der Waals surface area contributed by atoms with Gasteiger partial charge in [0.05, 0.1) is 0 Å². The molecule has 0 aromatic heterocycles. The first-order valence-corrected chi connectivity index (χ1v) is 9.02. The van der Waals surface area contributed by atoms with Gasteiger partial charge >= 0.3 is 0 Å². The van der Waals surface area contributed by atoms with Gasteiger partial charge in [-0.15, -0.1) is 0 Å². The average molecular weight is 290 g/mol. The lowest BCUT2D eigenvalue weighted by Crippen LogP contribution is -2.24. The van der Waals surface area contributed by atoms with Crippen LogP contribution in [0.4, 0.5) is 0 Å². The normalized spacial score (nSPS) is 12.9. The molecule has 120 valence electrons. The maximum Gasteiger partial charge on any atom is 0.0328 e.